The van der Waals surface area contributed by atoms with Gasteiger partial charge in [0.05, 0.1) is 11.5 Å². The highest BCUT2D eigenvalue weighted by molar-refractivity contribution is 7.90. The standard InChI is InChI=1S/C20H32N2O4S.ClH/c1-3-21-16-17-11-13-22(14-12-17)20(23)6-4-5-15-26-18-7-9-19(10-8-18)27(2,24)25;/h7-10,17,21H,3-6,11-16H2,1-2H3;1H. The number of halogens is 1. The number of hydrogen-bond donors (Lipinski definition) is 1. The van der Waals surface area contributed by atoms with Crippen molar-refractivity contribution >= 4 is 28.2 Å². The number of carbonyl (C=O) groups excluding carboxylic acids is 1. The fraction of sp³-hybridized carbons (Fsp3) is 0.650. The van der Waals surface area contributed by atoms with Gasteiger partial charge in [0.25, 0.3) is 0 Å². The minimum Gasteiger partial charge on any atom is -0.494 e. The van der Waals surface area contributed by atoms with Crippen molar-refractivity contribution < 1.29 is 17.9 Å². The van der Waals surface area contributed by atoms with E-state index in [1.165, 1.54) is 6.26 Å². The fourth-order valence-corrected chi connectivity index (χ4v) is 3.87. The van der Waals surface area contributed by atoms with Crippen LogP contribution >= 0.6 is 12.4 Å². The minimum atomic E-state index is -3.18. The van der Waals surface area contributed by atoms with Crippen LogP contribution in [0.4, 0.5) is 0 Å². The Morgan fingerprint density at radius 3 is 2.39 bits per heavy atom. The van der Waals surface area contributed by atoms with Crippen molar-refractivity contribution in [1.29, 1.82) is 0 Å². The molecule has 0 spiro atoms. The molecule has 1 aromatic carbocycles. The van der Waals surface area contributed by atoms with E-state index in [4.69, 9.17) is 4.74 Å². The molecule has 6 nitrogen and oxygen atoms in total. The number of piperidine rings is 1. The lowest BCUT2D eigenvalue weighted by atomic mass is 9.96. The molecule has 0 saturated carbocycles. The third-order valence-corrected chi connectivity index (χ3v) is 6.08. The lowest BCUT2D eigenvalue weighted by molar-refractivity contribution is -0.132. The van der Waals surface area contributed by atoms with E-state index in [2.05, 4.69) is 12.2 Å². The molecule has 28 heavy (non-hydrogen) atoms. The van der Waals surface area contributed by atoms with Crippen LogP contribution in [0, 0.1) is 5.92 Å². The number of nitrogens with zero attached hydrogens (tertiary/aromatic N) is 1. The first-order valence-corrected chi connectivity index (χ1v) is 11.7. The minimum absolute atomic E-state index is 0. The van der Waals surface area contributed by atoms with Crippen LogP contribution in [0.25, 0.3) is 0 Å². The van der Waals surface area contributed by atoms with Crippen LogP contribution in [0.15, 0.2) is 29.2 Å². The van der Waals surface area contributed by atoms with Gasteiger partial charge in [0.15, 0.2) is 9.84 Å². The first kappa shape index (κ1) is 24.7. The Balaban J connectivity index is 0.00000392. The van der Waals surface area contributed by atoms with Gasteiger partial charge in [-0.2, -0.15) is 0 Å². The van der Waals surface area contributed by atoms with Crippen molar-refractivity contribution in [2.24, 2.45) is 5.92 Å². The molecule has 1 N–H and O–H groups in total. The number of hydrogen-bond acceptors (Lipinski definition) is 5. The summed E-state index contributed by atoms with van der Waals surface area (Å²) < 4.78 is 28.5. The lowest BCUT2D eigenvalue weighted by Crippen LogP contribution is -2.40. The summed E-state index contributed by atoms with van der Waals surface area (Å²) in [5, 5.41) is 3.39. The lowest BCUT2D eigenvalue weighted by Gasteiger charge is -2.32. The van der Waals surface area contributed by atoms with Crippen molar-refractivity contribution in [2.75, 3.05) is 39.0 Å². The summed E-state index contributed by atoms with van der Waals surface area (Å²) in [6, 6.07) is 6.43. The summed E-state index contributed by atoms with van der Waals surface area (Å²) in [7, 11) is -3.18. The number of benzene rings is 1. The summed E-state index contributed by atoms with van der Waals surface area (Å²) >= 11 is 0. The molecule has 1 fully saturated rings. The van der Waals surface area contributed by atoms with Crippen molar-refractivity contribution in [2.45, 2.75) is 43.9 Å². The van der Waals surface area contributed by atoms with E-state index in [1.807, 2.05) is 4.90 Å². The molecule has 1 aliphatic rings. The predicted molar refractivity (Wildman–Crippen MR) is 114 cm³/mol. The molecule has 1 aromatic rings. The number of amides is 1. The maximum absolute atomic E-state index is 12.3. The van der Waals surface area contributed by atoms with Crippen molar-refractivity contribution in [3.05, 3.63) is 24.3 Å². The Bertz CT molecular complexity index is 687. The first-order valence-electron chi connectivity index (χ1n) is 9.81. The molecule has 160 valence electrons. The van der Waals surface area contributed by atoms with E-state index in [-0.39, 0.29) is 23.2 Å². The van der Waals surface area contributed by atoms with Gasteiger partial charge in [0.2, 0.25) is 5.91 Å². The van der Waals surface area contributed by atoms with E-state index in [9.17, 15) is 13.2 Å². The third kappa shape index (κ3) is 8.37. The maximum Gasteiger partial charge on any atom is 0.222 e. The fourth-order valence-electron chi connectivity index (χ4n) is 3.24. The average Bonchev–Trinajstić information content (AvgIpc) is 2.66. The van der Waals surface area contributed by atoms with E-state index in [0.717, 1.165) is 51.9 Å². The Labute approximate surface area is 175 Å². The third-order valence-electron chi connectivity index (χ3n) is 4.96. The number of unbranched alkanes of at least 4 members (excludes halogenated alkanes) is 1. The van der Waals surface area contributed by atoms with E-state index >= 15 is 0 Å². The maximum atomic E-state index is 12.3. The summed E-state index contributed by atoms with van der Waals surface area (Å²) in [6.07, 6.45) is 5.53. The smallest absolute Gasteiger partial charge is 0.222 e. The highest BCUT2D eigenvalue weighted by atomic mass is 35.5. The zero-order chi connectivity index (χ0) is 19.7. The molecule has 0 atom stereocenters. The number of nitrogens with one attached hydrogen (secondary N) is 1. The molecule has 0 unspecified atom stereocenters. The molecule has 1 aliphatic heterocycles. The summed E-state index contributed by atoms with van der Waals surface area (Å²) in [6.45, 7) is 6.45. The summed E-state index contributed by atoms with van der Waals surface area (Å²) in [4.78, 5) is 14.6. The molecule has 0 aromatic heterocycles. The molecule has 0 radical (unpaired) electrons. The first-order chi connectivity index (χ1) is 12.9. The van der Waals surface area contributed by atoms with Gasteiger partial charge in [-0.15, -0.1) is 12.4 Å². The topological polar surface area (TPSA) is 75.7 Å². The molecule has 8 heteroatoms. The van der Waals surface area contributed by atoms with Gasteiger partial charge in [-0.1, -0.05) is 6.92 Å². The van der Waals surface area contributed by atoms with Crippen LogP contribution in [-0.2, 0) is 14.6 Å². The second-order valence-corrected chi connectivity index (χ2v) is 9.20. The van der Waals surface area contributed by atoms with Crippen LogP contribution in [-0.4, -0.2) is 58.3 Å². The number of likely N-dealkylation sites (tertiary alicyclic amines) is 1. The Kier molecular flexibility index (Phi) is 10.9. The van der Waals surface area contributed by atoms with E-state index in [0.29, 0.717) is 24.7 Å². The van der Waals surface area contributed by atoms with Crippen LogP contribution in [0.5, 0.6) is 5.75 Å². The molecule has 1 saturated heterocycles. The monoisotopic (exact) mass is 432 g/mol. The normalized spacial score (nSPS) is 15.1. The highest BCUT2D eigenvalue weighted by Gasteiger charge is 2.21. The van der Waals surface area contributed by atoms with Gasteiger partial charge in [-0.25, -0.2) is 8.42 Å². The van der Waals surface area contributed by atoms with E-state index in [1.54, 1.807) is 24.3 Å². The molecule has 0 bridgehead atoms. The number of rotatable bonds is 10. The average molecular weight is 433 g/mol. The van der Waals surface area contributed by atoms with Gasteiger partial charge in [0, 0.05) is 25.8 Å². The van der Waals surface area contributed by atoms with Crippen LogP contribution in [0.2, 0.25) is 0 Å². The Hall–Kier alpha value is -1.31. The molecular weight excluding hydrogens is 400 g/mol. The summed E-state index contributed by atoms with van der Waals surface area (Å²) in [5.74, 6) is 1.59. The Morgan fingerprint density at radius 2 is 1.82 bits per heavy atom. The Morgan fingerprint density at radius 1 is 1.18 bits per heavy atom. The SMILES string of the molecule is CCNCC1CCN(C(=O)CCCCOc2ccc(S(C)(=O)=O)cc2)CC1.Cl. The zero-order valence-corrected chi connectivity index (χ0v) is 18.5. The molecule has 1 heterocycles. The van der Waals surface area contributed by atoms with Gasteiger partial charge >= 0.3 is 0 Å². The van der Waals surface area contributed by atoms with Crippen molar-refractivity contribution in [3.63, 3.8) is 0 Å². The molecule has 2 rings (SSSR count). The number of ether oxygens (including phenoxy) is 1. The van der Waals surface area contributed by atoms with Gasteiger partial charge in [-0.05, 0) is 69.0 Å². The van der Waals surface area contributed by atoms with Crippen molar-refractivity contribution in [1.82, 2.24) is 10.2 Å². The van der Waals surface area contributed by atoms with Gasteiger partial charge in [-0.3, -0.25) is 4.79 Å². The van der Waals surface area contributed by atoms with Crippen LogP contribution < -0.4 is 10.1 Å². The highest BCUT2D eigenvalue weighted by Crippen LogP contribution is 2.18. The van der Waals surface area contributed by atoms with Crippen molar-refractivity contribution in [3.8, 4) is 5.75 Å². The zero-order valence-electron chi connectivity index (χ0n) is 16.9. The van der Waals surface area contributed by atoms with Gasteiger partial charge in [0.1, 0.15) is 5.75 Å². The van der Waals surface area contributed by atoms with Crippen LogP contribution in [0.3, 0.4) is 0 Å². The molecule has 1 amide bonds. The molecule has 0 aliphatic carbocycles. The number of carbonyl (C=O) groups is 1. The number of sulfone groups is 1. The molecular formula is C20H33ClN2O4S. The van der Waals surface area contributed by atoms with E-state index < -0.39 is 9.84 Å². The summed E-state index contributed by atoms with van der Waals surface area (Å²) in [5.41, 5.74) is 0. The second kappa shape index (κ2) is 12.3. The van der Waals surface area contributed by atoms with Crippen LogP contribution in [0.1, 0.15) is 39.0 Å². The second-order valence-electron chi connectivity index (χ2n) is 7.18. The largest absolute Gasteiger partial charge is 0.494 e. The predicted octanol–water partition coefficient (Wildman–Crippen LogP) is 2.91. The quantitative estimate of drug-likeness (QED) is 0.575. The van der Waals surface area contributed by atoms with Gasteiger partial charge < -0.3 is 15.0 Å².